The van der Waals surface area contributed by atoms with Crippen LogP contribution in [0.4, 0.5) is 0 Å². The summed E-state index contributed by atoms with van der Waals surface area (Å²) in [5.74, 6) is -0.147. The third kappa shape index (κ3) is 3.96. The van der Waals surface area contributed by atoms with Crippen LogP contribution >= 0.6 is 0 Å². The summed E-state index contributed by atoms with van der Waals surface area (Å²) in [6.07, 6.45) is 1.22. The number of methoxy groups -OCH3 is 1. The first-order chi connectivity index (χ1) is 8.10. The Hall–Kier alpha value is -0.610. The third-order valence-electron chi connectivity index (χ3n) is 3.82. The van der Waals surface area contributed by atoms with Gasteiger partial charge in [-0.2, -0.15) is 0 Å². The molecule has 1 heterocycles. The highest BCUT2D eigenvalue weighted by molar-refractivity contribution is 5.72. The monoisotopic (exact) mass is 242 g/mol. The number of carbonyl (C=O) groups is 1. The minimum atomic E-state index is -0.103. The Bertz CT molecular complexity index is 238. The van der Waals surface area contributed by atoms with Crippen LogP contribution in [0.25, 0.3) is 0 Å². The molecular formula is C13H26N2O2. The Balaban J connectivity index is 2.40. The van der Waals surface area contributed by atoms with Gasteiger partial charge in [0.2, 0.25) is 0 Å². The van der Waals surface area contributed by atoms with Crippen LogP contribution in [0.3, 0.4) is 0 Å². The second kappa shape index (κ2) is 6.97. The van der Waals surface area contributed by atoms with E-state index in [4.69, 9.17) is 4.74 Å². The van der Waals surface area contributed by atoms with Gasteiger partial charge in [-0.3, -0.25) is 9.69 Å². The van der Waals surface area contributed by atoms with Gasteiger partial charge in [0.15, 0.2) is 0 Å². The quantitative estimate of drug-likeness (QED) is 0.679. The lowest BCUT2D eigenvalue weighted by molar-refractivity contribution is -0.147. The molecule has 4 heteroatoms. The Morgan fingerprint density at radius 2 is 1.82 bits per heavy atom. The molecule has 17 heavy (non-hydrogen) atoms. The minimum Gasteiger partial charge on any atom is -0.469 e. The summed E-state index contributed by atoms with van der Waals surface area (Å²) in [6, 6.07) is 0.270. The lowest BCUT2D eigenvalue weighted by atomic mass is 10.0. The van der Waals surface area contributed by atoms with Crippen LogP contribution in [0.5, 0.6) is 0 Å². The highest BCUT2D eigenvalue weighted by Crippen LogP contribution is 2.15. The van der Waals surface area contributed by atoms with Gasteiger partial charge in [-0.15, -0.1) is 0 Å². The van der Waals surface area contributed by atoms with E-state index in [0.717, 1.165) is 26.2 Å². The van der Waals surface area contributed by atoms with Crippen molar-refractivity contribution < 1.29 is 9.53 Å². The van der Waals surface area contributed by atoms with E-state index in [1.807, 2.05) is 6.92 Å². The zero-order chi connectivity index (χ0) is 12.8. The smallest absolute Gasteiger partial charge is 0.309 e. The fourth-order valence-electron chi connectivity index (χ4n) is 2.41. The van der Waals surface area contributed by atoms with Gasteiger partial charge < -0.3 is 9.64 Å². The summed E-state index contributed by atoms with van der Waals surface area (Å²) >= 11 is 0. The standard InChI is InChI=1S/C13H26N2O2/c1-5-6-14-7-9-15(10-8-14)12(3)11(2)13(16)17-4/h11-12H,5-10H2,1-4H3. The molecule has 1 aliphatic rings. The van der Waals surface area contributed by atoms with E-state index < -0.39 is 0 Å². The van der Waals surface area contributed by atoms with Crippen LogP contribution in [0.15, 0.2) is 0 Å². The normalized spacial score (nSPS) is 22.1. The molecule has 2 atom stereocenters. The molecule has 1 aliphatic heterocycles. The summed E-state index contributed by atoms with van der Waals surface area (Å²) in [6.45, 7) is 11.8. The van der Waals surface area contributed by atoms with Crippen LogP contribution in [0.1, 0.15) is 27.2 Å². The average Bonchev–Trinajstić information content (AvgIpc) is 2.37. The Labute approximate surface area is 105 Å². The number of carbonyl (C=O) groups excluding carboxylic acids is 1. The maximum Gasteiger partial charge on any atom is 0.309 e. The first-order valence-electron chi connectivity index (χ1n) is 6.64. The molecule has 0 spiro atoms. The summed E-state index contributed by atoms with van der Waals surface area (Å²) < 4.78 is 4.81. The van der Waals surface area contributed by atoms with E-state index in [2.05, 4.69) is 23.6 Å². The van der Waals surface area contributed by atoms with E-state index in [0.29, 0.717) is 0 Å². The van der Waals surface area contributed by atoms with Gasteiger partial charge in [0.05, 0.1) is 13.0 Å². The topological polar surface area (TPSA) is 32.8 Å². The zero-order valence-corrected chi connectivity index (χ0v) is 11.6. The molecule has 0 aromatic heterocycles. The highest BCUT2D eigenvalue weighted by Gasteiger charge is 2.28. The van der Waals surface area contributed by atoms with Crippen LogP contribution < -0.4 is 0 Å². The zero-order valence-electron chi connectivity index (χ0n) is 11.6. The number of hydrogen-bond donors (Lipinski definition) is 0. The molecule has 1 fully saturated rings. The van der Waals surface area contributed by atoms with Crippen LogP contribution in [-0.2, 0) is 9.53 Å². The minimum absolute atomic E-state index is 0.0438. The number of nitrogens with zero attached hydrogens (tertiary/aromatic N) is 2. The van der Waals surface area contributed by atoms with Crippen molar-refractivity contribution in [3.8, 4) is 0 Å². The number of hydrogen-bond acceptors (Lipinski definition) is 4. The molecule has 4 nitrogen and oxygen atoms in total. The molecule has 1 rings (SSSR count). The predicted octanol–water partition coefficient (Wildman–Crippen LogP) is 1.21. The molecular weight excluding hydrogens is 216 g/mol. The molecule has 0 amide bonds. The molecule has 1 saturated heterocycles. The predicted molar refractivity (Wildman–Crippen MR) is 68.9 cm³/mol. The fraction of sp³-hybridized carbons (Fsp3) is 0.923. The Morgan fingerprint density at radius 3 is 2.29 bits per heavy atom. The fourth-order valence-corrected chi connectivity index (χ4v) is 2.41. The van der Waals surface area contributed by atoms with E-state index >= 15 is 0 Å². The third-order valence-corrected chi connectivity index (χ3v) is 3.82. The Morgan fingerprint density at radius 1 is 1.24 bits per heavy atom. The largest absolute Gasteiger partial charge is 0.469 e. The van der Waals surface area contributed by atoms with Gasteiger partial charge in [-0.05, 0) is 19.9 Å². The number of esters is 1. The van der Waals surface area contributed by atoms with Gasteiger partial charge in [-0.1, -0.05) is 13.8 Å². The van der Waals surface area contributed by atoms with Crippen molar-refractivity contribution in [1.29, 1.82) is 0 Å². The number of piperazine rings is 1. The molecule has 0 aromatic carbocycles. The van der Waals surface area contributed by atoms with E-state index in [-0.39, 0.29) is 17.9 Å². The van der Waals surface area contributed by atoms with Crippen LogP contribution in [0.2, 0.25) is 0 Å². The summed E-state index contributed by atoms with van der Waals surface area (Å²) in [5, 5.41) is 0. The average molecular weight is 242 g/mol. The number of rotatable bonds is 5. The van der Waals surface area contributed by atoms with Crippen molar-refractivity contribution in [3.05, 3.63) is 0 Å². The molecule has 0 radical (unpaired) electrons. The van der Waals surface area contributed by atoms with E-state index in [1.165, 1.54) is 20.1 Å². The summed E-state index contributed by atoms with van der Waals surface area (Å²) in [4.78, 5) is 16.4. The summed E-state index contributed by atoms with van der Waals surface area (Å²) in [5.41, 5.74) is 0. The number of ether oxygens (including phenoxy) is 1. The van der Waals surface area contributed by atoms with E-state index in [1.54, 1.807) is 0 Å². The molecule has 0 aliphatic carbocycles. The second-order valence-corrected chi connectivity index (χ2v) is 4.93. The van der Waals surface area contributed by atoms with Crippen molar-refractivity contribution in [3.63, 3.8) is 0 Å². The van der Waals surface area contributed by atoms with Gasteiger partial charge >= 0.3 is 5.97 Å². The van der Waals surface area contributed by atoms with Crippen molar-refractivity contribution in [1.82, 2.24) is 9.80 Å². The van der Waals surface area contributed by atoms with Crippen molar-refractivity contribution >= 4 is 5.97 Å². The molecule has 100 valence electrons. The van der Waals surface area contributed by atoms with E-state index in [9.17, 15) is 4.79 Å². The lowest BCUT2D eigenvalue weighted by Gasteiger charge is -2.39. The first-order valence-corrected chi connectivity index (χ1v) is 6.64. The highest BCUT2D eigenvalue weighted by atomic mass is 16.5. The molecule has 2 unspecified atom stereocenters. The molecule has 0 saturated carbocycles. The first kappa shape index (κ1) is 14.5. The van der Waals surface area contributed by atoms with Crippen LogP contribution in [0, 0.1) is 5.92 Å². The second-order valence-electron chi connectivity index (χ2n) is 4.93. The Kier molecular flexibility index (Phi) is 5.92. The maximum absolute atomic E-state index is 11.5. The van der Waals surface area contributed by atoms with Gasteiger partial charge in [0.1, 0.15) is 0 Å². The molecule has 0 N–H and O–H groups in total. The van der Waals surface area contributed by atoms with Gasteiger partial charge in [-0.25, -0.2) is 0 Å². The molecule has 0 aromatic rings. The van der Waals surface area contributed by atoms with Gasteiger partial charge in [0.25, 0.3) is 0 Å². The molecule has 0 bridgehead atoms. The lowest BCUT2D eigenvalue weighted by Crippen LogP contribution is -2.52. The van der Waals surface area contributed by atoms with Crippen molar-refractivity contribution in [2.24, 2.45) is 5.92 Å². The summed E-state index contributed by atoms with van der Waals surface area (Å²) in [7, 11) is 1.46. The van der Waals surface area contributed by atoms with Crippen molar-refractivity contribution in [2.45, 2.75) is 33.2 Å². The maximum atomic E-state index is 11.5. The van der Waals surface area contributed by atoms with Crippen LogP contribution in [-0.4, -0.2) is 61.6 Å². The van der Waals surface area contributed by atoms with Gasteiger partial charge in [0, 0.05) is 32.2 Å². The van der Waals surface area contributed by atoms with Crippen molar-refractivity contribution in [2.75, 3.05) is 39.8 Å². The SMILES string of the molecule is CCCN1CCN(C(C)C(C)C(=O)OC)CC1.